The zero-order chi connectivity index (χ0) is 14.5. The highest BCUT2D eigenvalue weighted by Crippen LogP contribution is 2.13. The lowest BCUT2D eigenvalue weighted by atomic mass is 10.1. The monoisotopic (exact) mass is 342 g/mol. The van der Waals surface area contributed by atoms with Crippen LogP contribution in [-0.4, -0.2) is 42.7 Å². The Labute approximate surface area is 124 Å². The molecule has 0 radical (unpaired) electrons. The van der Waals surface area contributed by atoms with Crippen molar-refractivity contribution in [1.29, 1.82) is 0 Å². The molecular formula is C12H15BrN4O3. The lowest BCUT2D eigenvalue weighted by Crippen LogP contribution is -2.36. The predicted molar refractivity (Wildman–Crippen MR) is 76.3 cm³/mol. The van der Waals surface area contributed by atoms with E-state index in [1.54, 1.807) is 18.2 Å². The zero-order valence-electron chi connectivity index (χ0n) is 10.9. The number of rotatable bonds is 3. The number of aromatic nitrogens is 1. The number of ether oxygens (including phenoxy) is 1. The van der Waals surface area contributed by atoms with E-state index in [1.165, 1.54) is 7.11 Å². The first-order chi connectivity index (χ1) is 9.58. The normalized spacial score (nSPS) is 21.3. The number of halogens is 1. The Morgan fingerprint density at radius 2 is 2.30 bits per heavy atom. The Morgan fingerprint density at radius 1 is 1.50 bits per heavy atom. The van der Waals surface area contributed by atoms with Gasteiger partial charge in [0.2, 0.25) is 5.91 Å². The number of hydrogen-bond acceptors (Lipinski definition) is 5. The number of nitrogens with one attached hydrogen (secondary N) is 3. The van der Waals surface area contributed by atoms with Gasteiger partial charge < -0.3 is 20.7 Å². The fraction of sp³-hybridized carbons (Fsp3) is 0.417. The molecule has 108 valence electrons. The van der Waals surface area contributed by atoms with Crippen LogP contribution in [0.5, 0.6) is 0 Å². The van der Waals surface area contributed by atoms with E-state index < -0.39 is 6.09 Å². The van der Waals surface area contributed by atoms with Gasteiger partial charge in [0.25, 0.3) is 0 Å². The molecule has 1 saturated heterocycles. The highest BCUT2D eigenvalue weighted by Gasteiger charge is 2.30. The molecule has 2 rings (SSSR count). The van der Waals surface area contributed by atoms with Crippen LogP contribution in [0.2, 0.25) is 0 Å². The van der Waals surface area contributed by atoms with Crippen LogP contribution in [0.25, 0.3) is 0 Å². The van der Waals surface area contributed by atoms with Gasteiger partial charge in [-0.3, -0.25) is 4.79 Å². The van der Waals surface area contributed by atoms with E-state index in [0.29, 0.717) is 23.4 Å². The second kappa shape index (κ2) is 6.67. The minimum atomic E-state index is -0.494. The summed E-state index contributed by atoms with van der Waals surface area (Å²) in [5.74, 6) is 0.306. The van der Waals surface area contributed by atoms with Gasteiger partial charge in [-0.05, 0) is 34.5 Å². The van der Waals surface area contributed by atoms with Crippen molar-refractivity contribution in [3.05, 3.63) is 22.8 Å². The number of hydrogen-bond donors (Lipinski definition) is 3. The molecule has 1 aromatic rings. The maximum atomic E-state index is 12.1. The van der Waals surface area contributed by atoms with E-state index in [0.717, 1.165) is 0 Å². The standard InChI is InChI=1S/C12H15BrN4O3/c1-20-12(19)15-7-5-8(14-6-7)11(18)17-10-4-2-3-9(13)16-10/h2-4,7-8,14H,5-6H2,1H3,(H,15,19)(H,16,17,18)/t7-,8+/m1/s1. The highest BCUT2D eigenvalue weighted by molar-refractivity contribution is 9.10. The lowest BCUT2D eigenvalue weighted by molar-refractivity contribution is -0.117. The van der Waals surface area contributed by atoms with Crippen LogP contribution in [0.4, 0.5) is 10.6 Å². The maximum Gasteiger partial charge on any atom is 0.407 e. The number of amides is 2. The van der Waals surface area contributed by atoms with Crippen molar-refractivity contribution in [2.45, 2.75) is 18.5 Å². The van der Waals surface area contributed by atoms with Crippen LogP contribution >= 0.6 is 15.9 Å². The van der Waals surface area contributed by atoms with Crippen molar-refractivity contribution in [3.63, 3.8) is 0 Å². The molecule has 20 heavy (non-hydrogen) atoms. The first kappa shape index (κ1) is 14.7. The number of anilines is 1. The largest absolute Gasteiger partial charge is 0.453 e. The summed E-state index contributed by atoms with van der Waals surface area (Å²) in [5, 5.41) is 8.43. The van der Waals surface area contributed by atoms with Gasteiger partial charge in [0.05, 0.1) is 13.2 Å². The quantitative estimate of drug-likeness (QED) is 0.709. The average molecular weight is 343 g/mol. The van der Waals surface area contributed by atoms with Gasteiger partial charge in [0.1, 0.15) is 10.4 Å². The SMILES string of the molecule is COC(=O)N[C@H]1CN[C@H](C(=O)Nc2cccc(Br)n2)C1. The van der Waals surface area contributed by atoms with Crippen LogP contribution in [0, 0.1) is 0 Å². The van der Waals surface area contributed by atoms with E-state index in [-0.39, 0.29) is 18.0 Å². The van der Waals surface area contributed by atoms with Gasteiger partial charge in [-0.25, -0.2) is 9.78 Å². The summed E-state index contributed by atoms with van der Waals surface area (Å²) >= 11 is 3.24. The van der Waals surface area contributed by atoms with E-state index in [1.807, 2.05) is 0 Å². The Kier molecular flexibility index (Phi) is 4.91. The number of carbonyl (C=O) groups is 2. The summed E-state index contributed by atoms with van der Waals surface area (Å²) in [6, 6.07) is 4.80. The third-order valence-corrected chi connectivity index (χ3v) is 3.36. The molecule has 0 aromatic carbocycles. The Morgan fingerprint density at radius 3 is 3.00 bits per heavy atom. The summed E-state index contributed by atoms with van der Waals surface area (Å²) in [4.78, 5) is 27.3. The number of carbonyl (C=O) groups excluding carboxylic acids is 2. The lowest BCUT2D eigenvalue weighted by Gasteiger charge is -2.11. The molecule has 1 aliphatic rings. The van der Waals surface area contributed by atoms with E-state index in [2.05, 4.69) is 41.6 Å². The Balaban J connectivity index is 1.87. The smallest absolute Gasteiger partial charge is 0.407 e. The van der Waals surface area contributed by atoms with Crippen molar-refractivity contribution in [1.82, 2.24) is 15.6 Å². The van der Waals surface area contributed by atoms with E-state index >= 15 is 0 Å². The molecule has 3 N–H and O–H groups in total. The molecule has 0 bridgehead atoms. The molecular weight excluding hydrogens is 328 g/mol. The van der Waals surface area contributed by atoms with Gasteiger partial charge in [0, 0.05) is 12.6 Å². The minimum absolute atomic E-state index is 0.117. The Hall–Kier alpha value is -1.67. The molecule has 8 heteroatoms. The molecule has 0 unspecified atom stereocenters. The topological polar surface area (TPSA) is 92.4 Å². The summed E-state index contributed by atoms with van der Waals surface area (Å²) in [6.45, 7) is 0.527. The minimum Gasteiger partial charge on any atom is -0.453 e. The van der Waals surface area contributed by atoms with Crippen molar-refractivity contribution < 1.29 is 14.3 Å². The van der Waals surface area contributed by atoms with Crippen molar-refractivity contribution in [2.24, 2.45) is 0 Å². The van der Waals surface area contributed by atoms with Crippen molar-refractivity contribution >= 4 is 33.7 Å². The first-order valence-corrected chi connectivity index (χ1v) is 6.89. The third kappa shape index (κ3) is 3.91. The highest BCUT2D eigenvalue weighted by atomic mass is 79.9. The molecule has 2 atom stereocenters. The molecule has 1 fully saturated rings. The van der Waals surface area contributed by atoms with E-state index in [9.17, 15) is 9.59 Å². The fourth-order valence-electron chi connectivity index (χ4n) is 1.96. The van der Waals surface area contributed by atoms with Gasteiger partial charge in [-0.1, -0.05) is 6.07 Å². The molecule has 0 aliphatic carbocycles. The first-order valence-electron chi connectivity index (χ1n) is 6.10. The molecule has 0 spiro atoms. The summed E-state index contributed by atoms with van der Waals surface area (Å²) in [7, 11) is 1.31. The Bertz CT molecular complexity index is 511. The maximum absolute atomic E-state index is 12.1. The fourth-order valence-corrected chi connectivity index (χ4v) is 2.31. The third-order valence-electron chi connectivity index (χ3n) is 2.92. The summed E-state index contributed by atoms with van der Waals surface area (Å²) in [6.07, 6.45) is 0.0149. The van der Waals surface area contributed by atoms with Crippen molar-refractivity contribution in [2.75, 3.05) is 19.0 Å². The summed E-state index contributed by atoms with van der Waals surface area (Å²) in [5.41, 5.74) is 0. The second-order valence-electron chi connectivity index (χ2n) is 4.36. The molecule has 7 nitrogen and oxygen atoms in total. The van der Waals surface area contributed by atoms with Crippen molar-refractivity contribution in [3.8, 4) is 0 Å². The van der Waals surface area contributed by atoms with Crippen LogP contribution in [0.15, 0.2) is 22.8 Å². The van der Waals surface area contributed by atoms with Gasteiger partial charge in [-0.2, -0.15) is 0 Å². The van der Waals surface area contributed by atoms with E-state index in [4.69, 9.17) is 0 Å². The predicted octanol–water partition coefficient (Wildman–Crippen LogP) is 0.869. The second-order valence-corrected chi connectivity index (χ2v) is 5.18. The average Bonchev–Trinajstić information content (AvgIpc) is 2.87. The van der Waals surface area contributed by atoms with Gasteiger partial charge in [-0.15, -0.1) is 0 Å². The molecule has 1 aliphatic heterocycles. The number of methoxy groups -OCH3 is 1. The van der Waals surface area contributed by atoms with Crippen LogP contribution in [0.1, 0.15) is 6.42 Å². The number of nitrogens with zero attached hydrogens (tertiary/aromatic N) is 1. The van der Waals surface area contributed by atoms with Crippen LogP contribution in [0.3, 0.4) is 0 Å². The number of pyridine rings is 1. The molecule has 0 saturated carbocycles. The molecule has 2 heterocycles. The van der Waals surface area contributed by atoms with Crippen LogP contribution < -0.4 is 16.0 Å². The molecule has 2 amide bonds. The molecule has 1 aromatic heterocycles. The summed E-state index contributed by atoms with van der Waals surface area (Å²) < 4.78 is 5.18. The van der Waals surface area contributed by atoms with Gasteiger partial charge >= 0.3 is 6.09 Å². The van der Waals surface area contributed by atoms with Gasteiger partial charge in [0.15, 0.2) is 0 Å². The zero-order valence-corrected chi connectivity index (χ0v) is 12.4. The number of alkyl carbamates (subject to hydrolysis) is 1. The van der Waals surface area contributed by atoms with Crippen LogP contribution in [-0.2, 0) is 9.53 Å².